The lowest BCUT2D eigenvalue weighted by atomic mass is 10.1. The third-order valence-electron chi connectivity index (χ3n) is 4.48. The number of nitrogens with one attached hydrogen (secondary N) is 2. The number of hydrogen-bond donors (Lipinski definition) is 2. The number of rotatable bonds is 9. The topological polar surface area (TPSA) is 83.6 Å². The lowest BCUT2D eigenvalue weighted by Gasteiger charge is -2.19. The Hall–Kier alpha value is -2.67. The molecular weight excluding hydrogens is 344 g/mol. The van der Waals surface area contributed by atoms with Crippen molar-refractivity contribution in [2.45, 2.75) is 25.3 Å². The standard InChI is InChI=1S/C20H26N4O3/c1-24(13-19(25)21-10-5-11-27-2)18-12-16(20(26)22-14-8-9-14)15-6-3-4-7-17(15)23-18/h3-4,6-7,12,14H,5,8-11,13H2,1-2H3,(H,21,25)(H,22,26). The highest BCUT2D eigenvalue weighted by Crippen LogP contribution is 2.25. The van der Waals surface area contributed by atoms with E-state index in [9.17, 15) is 9.59 Å². The zero-order valence-corrected chi connectivity index (χ0v) is 15.8. The number of anilines is 1. The molecule has 2 N–H and O–H groups in total. The van der Waals surface area contributed by atoms with Gasteiger partial charge in [-0.2, -0.15) is 0 Å². The van der Waals surface area contributed by atoms with Gasteiger partial charge in [0.2, 0.25) is 5.91 Å². The molecule has 3 rings (SSSR count). The Morgan fingerprint density at radius 1 is 1.30 bits per heavy atom. The average molecular weight is 370 g/mol. The molecule has 1 aliphatic rings. The molecule has 0 atom stereocenters. The van der Waals surface area contributed by atoms with Crippen molar-refractivity contribution < 1.29 is 14.3 Å². The van der Waals surface area contributed by atoms with Gasteiger partial charge in [-0.25, -0.2) is 4.98 Å². The fourth-order valence-corrected chi connectivity index (χ4v) is 2.83. The van der Waals surface area contributed by atoms with Crippen LogP contribution in [0.5, 0.6) is 0 Å². The van der Waals surface area contributed by atoms with Gasteiger partial charge in [-0.1, -0.05) is 18.2 Å². The maximum atomic E-state index is 12.7. The van der Waals surface area contributed by atoms with Crippen LogP contribution in [0, 0.1) is 0 Å². The predicted molar refractivity (Wildman–Crippen MR) is 105 cm³/mol. The number of para-hydroxylation sites is 1. The van der Waals surface area contributed by atoms with E-state index >= 15 is 0 Å². The summed E-state index contributed by atoms with van der Waals surface area (Å²) in [4.78, 5) is 31.2. The Bertz CT molecular complexity index is 820. The minimum absolute atomic E-state index is 0.0882. The molecule has 0 radical (unpaired) electrons. The predicted octanol–water partition coefficient (Wildman–Crippen LogP) is 1.72. The summed E-state index contributed by atoms with van der Waals surface area (Å²) in [5.74, 6) is 0.420. The van der Waals surface area contributed by atoms with E-state index < -0.39 is 0 Å². The quantitative estimate of drug-likeness (QED) is 0.657. The van der Waals surface area contributed by atoms with Crippen LogP contribution in [0.25, 0.3) is 10.9 Å². The molecule has 0 saturated heterocycles. The highest BCUT2D eigenvalue weighted by Gasteiger charge is 2.25. The van der Waals surface area contributed by atoms with E-state index in [0.717, 1.165) is 30.2 Å². The number of benzene rings is 1. The van der Waals surface area contributed by atoms with Crippen LogP contribution >= 0.6 is 0 Å². The molecule has 27 heavy (non-hydrogen) atoms. The Morgan fingerprint density at radius 3 is 2.81 bits per heavy atom. The Morgan fingerprint density at radius 2 is 2.07 bits per heavy atom. The second kappa shape index (κ2) is 8.81. The normalized spacial score (nSPS) is 13.4. The van der Waals surface area contributed by atoms with Crippen molar-refractivity contribution in [3.05, 3.63) is 35.9 Å². The fourth-order valence-electron chi connectivity index (χ4n) is 2.83. The molecule has 7 heteroatoms. The largest absolute Gasteiger partial charge is 0.385 e. The first-order valence-corrected chi connectivity index (χ1v) is 9.26. The van der Waals surface area contributed by atoms with E-state index in [-0.39, 0.29) is 24.4 Å². The molecule has 1 saturated carbocycles. The maximum Gasteiger partial charge on any atom is 0.252 e. The number of ether oxygens (including phenoxy) is 1. The van der Waals surface area contributed by atoms with Crippen molar-refractivity contribution in [3.63, 3.8) is 0 Å². The number of nitrogens with zero attached hydrogens (tertiary/aromatic N) is 2. The van der Waals surface area contributed by atoms with E-state index in [4.69, 9.17) is 4.74 Å². The van der Waals surface area contributed by atoms with Gasteiger partial charge in [0.1, 0.15) is 5.82 Å². The van der Waals surface area contributed by atoms with Crippen LogP contribution < -0.4 is 15.5 Å². The fraction of sp³-hybridized carbons (Fsp3) is 0.450. The van der Waals surface area contributed by atoms with E-state index in [2.05, 4.69) is 15.6 Å². The minimum Gasteiger partial charge on any atom is -0.385 e. The summed E-state index contributed by atoms with van der Waals surface area (Å²) in [6, 6.07) is 9.61. The summed E-state index contributed by atoms with van der Waals surface area (Å²) >= 11 is 0. The van der Waals surface area contributed by atoms with Crippen molar-refractivity contribution >= 4 is 28.5 Å². The second-order valence-corrected chi connectivity index (χ2v) is 6.85. The Balaban J connectivity index is 1.75. The average Bonchev–Trinajstić information content (AvgIpc) is 3.48. The van der Waals surface area contributed by atoms with Gasteiger partial charge in [0.25, 0.3) is 5.91 Å². The molecule has 0 aliphatic heterocycles. The number of methoxy groups -OCH3 is 1. The Kier molecular flexibility index (Phi) is 6.24. The first-order chi connectivity index (χ1) is 13.1. The van der Waals surface area contributed by atoms with Gasteiger partial charge in [0, 0.05) is 38.7 Å². The summed E-state index contributed by atoms with van der Waals surface area (Å²) < 4.78 is 4.97. The molecule has 2 aromatic rings. The van der Waals surface area contributed by atoms with Crippen molar-refractivity contribution in [2.75, 3.05) is 38.8 Å². The van der Waals surface area contributed by atoms with Crippen molar-refractivity contribution in [2.24, 2.45) is 0 Å². The number of carbonyl (C=O) groups is 2. The number of aromatic nitrogens is 1. The molecule has 1 heterocycles. The van der Waals surface area contributed by atoms with Gasteiger partial charge < -0.3 is 20.3 Å². The van der Waals surface area contributed by atoms with Gasteiger partial charge >= 0.3 is 0 Å². The van der Waals surface area contributed by atoms with Crippen molar-refractivity contribution in [1.29, 1.82) is 0 Å². The van der Waals surface area contributed by atoms with Crippen LogP contribution in [0.15, 0.2) is 30.3 Å². The Labute approximate surface area is 159 Å². The molecule has 0 bridgehead atoms. The SMILES string of the molecule is COCCCNC(=O)CN(C)c1cc(C(=O)NC2CC2)c2ccccc2n1. The minimum atomic E-state index is -0.0902. The molecule has 7 nitrogen and oxygen atoms in total. The van der Waals surface area contributed by atoms with Gasteiger partial charge in [0.05, 0.1) is 17.6 Å². The van der Waals surface area contributed by atoms with Gasteiger partial charge in [0.15, 0.2) is 0 Å². The zero-order valence-electron chi connectivity index (χ0n) is 15.8. The number of hydrogen-bond acceptors (Lipinski definition) is 5. The monoisotopic (exact) mass is 370 g/mol. The van der Waals surface area contributed by atoms with Crippen LogP contribution in [-0.4, -0.2) is 56.7 Å². The van der Waals surface area contributed by atoms with Gasteiger partial charge in [-0.15, -0.1) is 0 Å². The summed E-state index contributed by atoms with van der Waals surface area (Å²) in [5.41, 5.74) is 1.33. The first kappa shape index (κ1) is 19.1. The molecular formula is C20H26N4O3. The molecule has 144 valence electrons. The summed E-state index contributed by atoms with van der Waals surface area (Å²) in [5, 5.41) is 6.71. The van der Waals surface area contributed by atoms with E-state index in [1.165, 1.54) is 0 Å². The number of amides is 2. The molecule has 1 aliphatic carbocycles. The van der Waals surface area contributed by atoms with Crippen LogP contribution in [0.4, 0.5) is 5.82 Å². The molecule has 0 spiro atoms. The van der Waals surface area contributed by atoms with E-state index in [0.29, 0.717) is 24.5 Å². The molecule has 1 aromatic heterocycles. The van der Waals surface area contributed by atoms with Crippen LogP contribution in [-0.2, 0) is 9.53 Å². The summed E-state index contributed by atoms with van der Waals surface area (Å²) in [6.45, 7) is 1.35. The smallest absolute Gasteiger partial charge is 0.252 e. The summed E-state index contributed by atoms with van der Waals surface area (Å²) in [7, 11) is 3.44. The zero-order chi connectivity index (χ0) is 19.2. The maximum absolute atomic E-state index is 12.7. The third kappa shape index (κ3) is 5.17. The summed E-state index contributed by atoms with van der Waals surface area (Å²) in [6.07, 6.45) is 2.83. The van der Waals surface area contributed by atoms with Crippen LogP contribution in [0.1, 0.15) is 29.6 Å². The molecule has 2 amide bonds. The van der Waals surface area contributed by atoms with Crippen molar-refractivity contribution in [1.82, 2.24) is 15.6 Å². The number of pyridine rings is 1. The van der Waals surface area contributed by atoms with E-state index in [1.807, 2.05) is 24.3 Å². The number of carbonyl (C=O) groups excluding carboxylic acids is 2. The van der Waals surface area contributed by atoms with Crippen molar-refractivity contribution in [3.8, 4) is 0 Å². The van der Waals surface area contributed by atoms with Gasteiger partial charge in [-0.3, -0.25) is 9.59 Å². The van der Waals surface area contributed by atoms with Crippen LogP contribution in [0.2, 0.25) is 0 Å². The second-order valence-electron chi connectivity index (χ2n) is 6.85. The first-order valence-electron chi connectivity index (χ1n) is 9.26. The number of likely N-dealkylation sites (N-methyl/N-ethyl adjacent to an activating group) is 1. The van der Waals surface area contributed by atoms with Gasteiger partial charge in [-0.05, 0) is 31.4 Å². The van der Waals surface area contributed by atoms with Crippen LogP contribution in [0.3, 0.4) is 0 Å². The third-order valence-corrected chi connectivity index (χ3v) is 4.48. The lowest BCUT2D eigenvalue weighted by molar-refractivity contribution is -0.119. The molecule has 1 fully saturated rings. The lowest BCUT2D eigenvalue weighted by Crippen LogP contribution is -2.36. The van der Waals surface area contributed by atoms with E-state index in [1.54, 1.807) is 25.1 Å². The number of fused-ring (bicyclic) bond motifs is 1. The highest BCUT2D eigenvalue weighted by atomic mass is 16.5. The highest BCUT2D eigenvalue weighted by molar-refractivity contribution is 6.07. The molecule has 0 unspecified atom stereocenters. The molecule has 1 aromatic carbocycles.